The molecule has 2 unspecified atom stereocenters. The van der Waals surface area contributed by atoms with Crippen LogP contribution in [-0.4, -0.2) is 44.7 Å². The minimum Gasteiger partial charge on any atom is -0.479 e. The maximum absolute atomic E-state index is 13.1. The van der Waals surface area contributed by atoms with E-state index >= 15 is 0 Å². The fraction of sp³-hybridized carbons (Fsp3) is 0.923. The van der Waals surface area contributed by atoms with Gasteiger partial charge in [-0.1, -0.05) is 194 Å². The molecule has 0 aliphatic carbocycles. The van der Waals surface area contributed by atoms with E-state index in [9.17, 15) is 24.6 Å². The van der Waals surface area contributed by atoms with Crippen molar-refractivity contribution in [3.63, 3.8) is 0 Å². The Labute approximate surface area is 287 Å². The van der Waals surface area contributed by atoms with E-state index in [1.807, 2.05) is 0 Å². The summed E-state index contributed by atoms with van der Waals surface area (Å²) in [5.74, 6) is -2.46. The summed E-state index contributed by atoms with van der Waals surface area (Å²) in [6.45, 7) is 3.60. The summed E-state index contributed by atoms with van der Waals surface area (Å²) in [5.41, 5.74) is -2.22. The molecule has 46 heavy (non-hydrogen) atoms. The number of hydrogen-bond acceptors (Lipinski definition) is 4. The van der Waals surface area contributed by atoms with Crippen molar-refractivity contribution in [2.24, 2.45) is 0 Å². The monoisotopic (exact) mass is 670 g/mol. The Hall–Kier alpha value is -1.00. The smallest absolute Gasteiger partial charge is 0.340 e. The molecule has 2 N–H and O–H groups in total. The van der Waals surface area contributed by atoms with Gasteiger partial charge in [-0.3, -0.25) is 9.59 Å². The predicted octanol–water partition coefficient (Wildman–Crippen LogP) is 11.5. The molecule has 0 aromatic carbocycles. The third kappa shape index (κ3) is 22.5. The highest BCUT2D eigenvalue weighted by atomic mass is 31.0. The fourth-order valence-electron chi connectivity index (χ4n) is 6.43. The predicted molar refractivity (Wildman–Crippen MR) is 198 cm³/mol. The lowest BCUT2D eigenvalue weighted by atomic mass is 9.90. The second-order valence-corrected chi connectivity index (χ2v) is 14.4. The van der Waals surface area contributed by atoms with E-state index < -0.39 is 29.8 Å². The maximum atomic E-state index is 13.1. The zero-order valence-electron chi connectivity index (χ0n) is 30.5. The number of aliphatic hydroxyl groups excluding tert-OH is 1. The number of rotatable bonds is 36. The van der Waals surface area contributed by atoms with E-state index in [0.717, 1.165) is 43.2 Å². The van der Waals surface area contributed by atoms with Crippen molar-refractivity contribution in [3.8, 4) is 0 Å². The molecule has 272 valence electrons. The first-order valence-electron chi connectivity index (χ1n) is 19.8. The Kier molecular flexibility index (Phi) is 31.8. The quantitative estimate of drug-likeness (QED) is 0.0393. The van der Waals surface area contributed by atoms with Crippen LogP contribution in [0, 0.1) is 0 Å². The molecule has 0 aromatic rings. The third-order valence-electron chi connectivity index (χ3n) is 9.73. The van der Waals surface area contributed by atoms with Crippen LogP contribution in [0.4, 0.5) is 0 Å². The van der Waals surface area contributed by atoms with Crippen LogP contribution in [-0.2, 0) is 14.4 Å². The molecule has 0 bridgehead atoms. The summed E-state index contributed by atoms with van der Waals surface area (Å²) < 4.78 is 0.923. The highest BCUT2D eigenvalue weighted by Gasteiger charge is 2.50. The Morgan fingerprint density at radius 3 is 1.00 bits per heavy atom. The lowest BCUT2D eigenvalue weighted by molar-refractivity contribution is -0.161. The molecule has 0 fully saturated rings. The van der Waals surface area contributed by atoms with Gasteiger partial charge in [0.2, 0.25) is 11.4 Å². The van der Waals surface area contributed by atoms with E-state index in [4.69, 9.17) is 0 Å². The van der Waals surface area contributed by atoms with Gasteiger partial charge >= 0.3 is 5.97 Å². The summed E-state index contributed by atoms with van der Waals surface area (Å²) in [5, 5.41) is 20.0. The van der Waals surface area contributed by atoms with Gasteiger partial charge in [0.25, 0.3) is 0 Å². The van der Waals surface area contributed by atoms with Crippen molar-refractivity contribution in [1.82, 2.24) is 4.67 Å². The molecule has 0 aliphatic heterocycles. The van der Waals surface area contributed by atoms with Gasteiger partial charge in [-0.25, -0.2) is 4.79 Å². The number of aliphatic hydroxyl groups is 1. The van der Waals surface area contributed by atoms with Gasteiger partial charge in [0.05, 0.1) is 6.61 Å². The Bertz CT molecular complexity index is 733. The number of carboxylic acids is 1. The molecule has 2 atom stereocenters. The minimum atomic E-state index is -2.22. The Morgan fingerprint density at radius 1 is 0.478 bits per heavy atom. The highest BCUT2D eigenvalue weighted by Crippen LogP contribution is 2.27. The molecule has 0 saturated carbocycles. The Morgan fingerprint density at radius 2 is 0.739 bits per heavy atom. The summed E-state index contributed by atoms with van der Waals surface area (Å²) in [4.78, 5) is 38.2. The van der Waals surface area contributed by atoms with Gasteiger partial charge in [-0.2, -0.15) is 0 Å². The van der Waals surface area contributed by atoms with Crippen LogP contribution in [0.1, 0.15) is 219 Å². The van der Waals surface area contributed by atoms with E-state index in [1.54, 1.807) is 0 Å². The van der Waals surface area contributed by atoms with E-state index in [0.29, 0.717) is 12.8 Å². The van der Waals surface area contributed by atoms with Gasteiger partial charge in [0.15, 0.2) is 5.78 Å². The first kappa shape index (κ1) is 45.0. The largest absolute Gasteiger partial charge is 0.479 e. The molecule has 0 spiro atoms. The van der Waals surface area contributed by atoms with Crippen LogP contribution in [0.3, 0.4) is 0 Å². The maximum Gasteiger partial charge on any atom is 0.340 e. The summed E-state index contributed by atoms with van der Waals surface area (Å²) in [6.07, 6.45) is 36.9. The third-order valence-corrected chi connectivity index (χ3v) is 10.5. The van der Waals surface area contributed by atoms with Crippen molar-refractivity contribution in [2.75, 3.05) is 6.61 Å². The van der Waals surface area contributed by atoms with Crippen molar-refractivity contribution in [1.29, 1.82) is 0 Å². The molecule has 1 amide bonds. The van der Waals surface area contributed by atoms with Gasteiger partial charge < -0.3 is 14.9 Å². The number of hydrogen-bond donors (Lipinski definition) is 2. The number of Topliss-reactive ketones (excluding diaryl/α,β-unsaturated/α-hetero) is 1. The van der Waals surface area contributed by atoms with Crippen LogP contribution in [0.15, 0.2) is 0 Å². The fourth-order valence-corrected chi connectivity index (χ4v) is 6.90. The van der Waals surface area contributed by atoms with E-state index in [2.05, 4.69) is 23.2 Å². The summed E-state index contributed by atoms with van der Waals surface area (Å²) in [6, 6.07) is 0. The van der Waals surface area contributed by atoms with Crippen molar-refractivity contribution >= 4 is 27.1 Å². The molecule has 0 aromatic heterocycles. The average Bonchev–Trinajstić information content (AvgIpc) is 3.04. The topological polar surface area (TPSA) is 94.9 Å². The van der Waals surface area contributed by atoms with Gasteiger partial charge in [-0.15, -0.1) is 0 Å². The number of carbonyl (C=O) groups excluding carboxylic acids is 2. The van der Waals surface area contributed by atoms with Crippen molar-refractivity contribution < 1.29 is 24.6 Å². The molecule has 0 radical (unpaired) electrons. The van der Waals surface area contributed by atoms with Crippen LogP contribution in [0.5, 0.6) is 0 Å². The van der Waals surface area contributed by atoms with Crippen LogP contribution in [0.2, 0.25) is 0 Å². The zero-order valence-corrected chi connectivity index (χ0v) is 31.6. The normalized spacial score (nSPS) is 12.7. The van der Waals surface area contributed by atoms with Crippen molar-refractivity contribution in [3.05, 3.63) is 0 Å². The molecular formula is C39H76NO5P. The van der Waals surface area contributed by atoms with Crippen LogP contribution < -0.4 is 0 Å². The van der Waals surface area contributed by atoms with Crippen LogP contribution in [0.25, 0.3) is 0 Å². The average molecular weight is 670 g/mol. The molecule has 0 rings (SSSR count). The second-order valence-electron chi connectivity index (χ2n) is 13.9. The first-order valence-corrected chi connectivity index (χ1v) is 20.3. The number of nitrogens with zero attached hydrogens (tertiary/aromatic N) is 1. The van der Waals surface area contributed by atoms with Crippen LogP contribution >= 0.6 is 9.39 Å². The molecule has 0 heterocycles. The summed E-state index contributed by atoms with van der Waals surface area (Å²) >= 11 is 0. The highest BCUT2D eigenvalue weighted by molar-refractivity contribution is 7.15. The van der Waals surface area contributed by atoms with Gasteiger partial charge in [0.1, 0.15) is 0 Å². The number of carboxylic acid groups (broad SMARTS) is 1. The second kappa shape index (κ2) is 32.5. The SMILES string of the molecule is CCCCCCCCCCCCCCCCCC(=O)N(P)C(CO)(C(=O)O)C(=O)CCCCCCCCCCCCCCCCC. The number of amides is 1. The molecule has 6 nitrogen and oxygen atoms in total. The standard InChI is InChI=1S/C39H76NO5P/c1-3-5-7-9-11-13-15-17-19-21-23-25-27-29-31-33-36(42)39(35-41,38(44)45)40(46)37(43)34-32-30-28-26-24-22-20-18-16-14-12-10-8-6-4-2/h41H,3-35,46H2,1-2H3,(H,44,45). The number of aliphatic carboxylic acids is 1. The van der Waals surface area contributed by atoms with Crippen molar-refractivity contribution in [2.45, 2.75) is 225 Å². The van der Waals surface area contributed by atoms with E-state index in [1.165, 1.54) is 141 Å². The number of unbranched alkanes of at least 4 members (excludes halogenated alkanes) is 28. The first-order chi connectivity index (χ1) is 22.4. The van der Waals surface area contributed by atoms with E-state index in [-0.39, 0.29) is 12.8 Å². The molecule has 7 heteroatoms. The minimum absolute atomic E-state index is 0.0578. The number of ketones is 1. The molecule has 0 saturated heterocycles. The number of carbonyl (C=O) groups is 3. The zero-order chi connectivity index (χ0) is 34.1. The Balaban J connectivity index is 4.06. The lowest BCUT2D eigenvalue weighted by Crippen LogP contribution is -2.60. The van der Waals surface area contributed by atoms with Gasteiger partial charge in [0, 0.05) is 12.8 Å². The lowest BCUT2D eigenvalue weighted by Gasteiger charge is -2.35. The summed E-state index contributed by atoms with van der Waals surface area (Å²) in [7, 11) is 2.13. The molecule has 0 aliphatic rings. The van der Waals surface area contributed by atoms with Gasteiger partial charge in [-0.05, 0) is 22.2 Å². The molecular weight excluding hydrogens is 593 g/mol.